The third kappa shape index (κ3) is 3.36. The Morgan fingerprint density at radius 1 is 1.31 bits per heavy atom. The van der Waals surface area contributed by atoms with E-state index in [0.717, 1.165) is 17.0 Å². The van der Waals surface area contributed by atoms with Crippen LogP contribution in [-0.4, -0.2) is 34.9 Å². The zero-order valence-electron chi connectivity index (χ0n) is 14.4. The summed E-state index contributed by atoms with van der Waals surface area (Å²) in [5.41, 5.74) is 2.39. The number of nitrogens with zero attached hydrogens (tertiary/aromatic N) is 3. The highest BCUT2D eigenvalue weighted by atomic mass is 32.1. The maximum Gasteiger partial charge on any atom is 0.274 e. The summed E-state index contributed by atoms with van der Waals surface area (Å²) >= 11 is 5.36. The Morgan fingerprint density at radius 3 is 2.62 bits per heavy atom. The summed E-state index contributed by atoms with van der Waals surface area (Å²) in [6.07, 6.45) is 0.513. The topological polar surface area (TPSA) is 80.0 Å². The van der Waals surface area contributed by atoms with Crippen molar-refractivity contribution in [3.05, 3.63) is 69.8 Å². The smallest absolute Gasteiger partial charge is 0.274 e. The van der Waals surface area contributed by atoms with E-state index in [0.29, 0.717) is 17.1 Å². The number of thiocarbonyl (C=S) groups is 1. The van der Waals surface area contributed by atoms with Crippen LogP contribution in [0.1, 0.15) is 23.6 Å². The van der Waals surface area contributed by atoms with E-state index in [1.165, 1.54) is 6.07 Å². The van der Waals surface area contributed by atoms with Crippen LogP contribution in [0.2, 0.25) is 0 Å². The van der Waals surface area contributed by atoms with Crippen molar-refractivity contribution in [2.45, 2.75) is 12.5 Å². The van der Waals surface area contributed by atoms with Crippen molar-refractivity contribution in [2.75, 3.05) is 14.2 Å². The summed E-state index contributed by atoms with van der Waals surface area (Å²) < 4.78 is 5.19. The minimum atomic E-state index is -0.374. The van der Waals surface area contributed by atoms with Gasteiger partial charge in [0.1, 0.15) is 5.75 Å². The number of para-hydroxylation sites is 1. The highest BCUT2D eigenvalue weighted by Crippen LogP contribution is 2.37. The Morgan fingerprint density at radius 2 is 2.00 bits per heavy atom. The molecule has 1 aliphatic heterocycles. The number of hydrazone groups is 1. The van der Waals surface area contributed by atoms with E-state index in [4.69, 9.17) is 17.0 Å². The molecule has 0 saturated heterocycles. The van der Waals surface area contributed by atoms with Gasteiger partial charge in [-0.15, -0.1) is 0 Å². The van der Waals surface area contributed by atoms with Gasteiger partial charge in [0.25, 0.3) is 5.69 Å². The predicted molar refractivity (Wildman–Crippen MR) is 103 cm³/mol. The van der Waals surface area contributed by atoms with Crippen LogP contribution in [0.5, 0.6) is 5.75 Å². The fourth-order valence-corrected chi connectivity index (χ4v) is 3.12. The van der Waals surface area contributed by atoms with Gasteiger partial charge in [-0.1, -0.05) is 12.1 Å². The molecule has 1 aliphatic rings. The number of nitro benzene ring substituents is 1. The maximum absolute atomic E-state index is 11.4. The van der Waals surface area contributed by atoms with E-state index in [9.17, 15) is 10.1 Å². The molecular weight excluding hydrogens is 352 g/mol. The summed E-state index contributed by atoms with van der Waals surface area (Å²) in [4.78, 5) is 11.1. The molecule has 0 aliphatic carbocycles. The Bertz CT molecular complexity index is 867. The first-order chi connectivity index (χ1) is 12.5. The molecule has 134 valence electrons. The zero-order valence-corrected chi connectivity index (χ0v) is 15.2. The van der Waals surface area contributed by atoms with Gasteiger partial charge in [-0.3, -0.25) is 10.1 Å². The molecule has 7 nitrogen and oxygen atoms in total. The number of hydrogen-bond donors (Lipinski definition) is 1. The molecule has 0 fully saturated rings. The van der Waals surface area contributed by atoms with Crippen LogP contribution in [0.4, 0.5) is 5.69 Å². The lowest BCUT2D eigenvalue weighted by Gasteiger charge is -2.23. The van der Waals surface area contributed by atoms with Crippen LogP contribution in [0.3, 0.4) is 0 Å². The van der Waals surface area contributed by atoms with Crippen LogP contribution in [0.15, 0.2) is 53.6 Å². The van der Waals surface area contributed by atoms with Crippen molar-refractivity contribution in [2.24, 2.45) is 5.10 Å². The first-order valence-electron chi connectivity index (χ1n) is 8.01. The van der Waals surface area contributed by atoms with Crippen molar-refractivity contribution in [1.29, 1.82) is 0 Å². The maximum atomic E-state index is 11.4. The van der Waals surface area contributed by atoms with Crippen LogP contribution < -0.4 is 10.1 Å². The Labute approximate surface area is 156 Å². The van der Waals surface area contributed by atoms with Crippen molar-refractivity contribution in [3.63, 3.8) is 0 Å². The van der Waals surface area contributed by atoms with Gasteiger partial charge in [-0.2, -0.15) is 5.10 Å². The summed E-state index contributed by atoms with van der Waals surface area (Å²) in [6, 6.07) is 13.9. The van der Waals surface area contributed by atoms with E-state index in [1.54, 1.807) is 37.4 Å². The standard InChI is InChI=1S/C18H18N4O3S/c1-19-18(26)21-17(14-5-3-4-6-16(14)22(23)24)11-15(20-21)12-7-9-13(25-2)10-8-12/h3-10,17H,11H2,1-2H3,(H,19,26)/t17-/m1/s1. The number of benzene rings is 2. The van der Waals surface area contributed by atoms with Gasteiger partial charge < -0.3 is 10.1 Å². The zero-order chi connectivity index (χ0) is 18.7. The molecule has 2 aromatic carbocycles. The SMILES string of the molecule is CNC(=S)N1N=C(c2ccc(OC)cc2)C[C@@H]1c1ccccc1[N+](=O)[O-]. The minimum Gasteiger partial charge on any atom is -0.497 e. The van der Waals surface area contributed by atoms with Crippen LogP contribution in [0, 0.1) is 10.1 Å². The fraction of sp³-hybridized carbons (Fsp3) is 0.222. The van der Waals surface area contributed by atoms with Gasteiger partial charge in [0.2, 0.25) is 0 Å². The van der Waals surface area contributed by atoms with Gasteiger partial charge >= 0.3 is 0 Å². The molecule has 0 bridgehead atoms. The summed E-state index contributed by atoms with van der Waals surface area (Å²) in [6.45, 7) is 0. The largest absolute Gasteiger partial charge is 0.497 e. The molecule has 0 saturated carbocycles. The van der Waals surface area contributed by atoms with Gasteiger partial charge in [0.15, 0.2) is 5.11 Å². The van der Waals surface area contributed by atoms with Crippen molar-refractivity contribution in [3.8, 4) is 5.75 Å². The molecule has 1 heterocycles. The number of ether oxygens (including phenoxy) is 1. The Kier molecular flexibility index (Phi) is 5.13. The van der Waals surface area contributed by atoms with Gasteiger partial charge in [-0.25, -0.2) is 5.01 Å². The summed E-state index contributed by atoms with van der Waals surface area (Å²) in [7, 11) is 3.32. The average Bonchev–Trinajstić information content (AvgIpc) is 3.12. The second kappa shape index (κ2) is 7.49. The Hall–Kier alpha value is -3.00. The summed E-state index contributed by atoms with van der Waals surface area (Å²) in [5.74, 6) is 0.755. The van der Waals surface area contributed by atoms with Gasteiger partial charge in [0, 0.05) is 19.5 Å². The highest BCUT2D eigenvalue weighted by Gasteiger charge is 2.35. The lowest BCUT2D eigenvalue weighted by molar-refractivity contribution is -0.385. The first kappa shape index (κ1) is 17.8. The average molecular weight is 370 g/mol. The van der Waals surface area contributed by atoms with Crippen molar-refractivity contribution < 1.29 is 9.66 Å². The molecule has 0 aromatic heterocycles. The third-order valence-electron chi connectivity index (χ3n) is 4.25. The number of nitrogens with one attached hydrogen (secondary N) is 1. The molecule has 0 amide bonds. The molecule has 3 rings (SSSR count). The van der Waals surface area contributed by atoms with E-state index in [2.05, 4.69) is 10.4 Å². The highest BCUT2D eigenvalue weighted by molar-refractivity contribution is 7.80. The molecule has 1 N–H and O–H groups in total. The van der Waals surface area contributed by atoms with E-state index < -0.39 is 0 Å². The molecule has 8 heteroatoms. The molecule has 1 atom stereocenters. The molecule has 0 unspecified atom stereocenters. The molecule has 0 radical (unpaired) electrons. The molecule has 26 heavy (non-hydrogen) atoms. The molecule has 0 spiro atoms. The lowest BCUT2D eigenvalue weighted by atomic mass is 9.97. The number of nitro groups is 1. The first-order valence-corrected chi connectivity index (χ1v) is 8.42. The molecular formula is C18H18N4O3S. The van der Waals surface area contributed by atoms with Crippen LogP contribution in [0.25, 0.3) is 0 Å². The second-order valence-corrected chi connectivity index (χ2v) is 6.10. The minimum absolute atomic E-state index is 0.0626. The normalized spacial score (nSPS) is 16.2. The number of hydrogen-bond acceptors (Lipinski definition) is 5. The van der Waals surface area contributed by atoms with Crippen LogP contribution in [-0.2, 0) is 0 Å². The molecule has 2 aromatic rings. The van der Waals surface area contributed by atoms with Crippen LogP contribution >= 0.6 is 12.2 Å². The monoisotopic (exact) mass is 370 g/mol. The quantitative estimate of drug-likeness (QED) is 0.505. The fourth-order valence-electron chi connectivity index (χ4n) is 2.95. The lowest BCUT2D eigenvalue weighted by Crippen LogP contribution is -2.34. The third-order valence-corrected chi connectivity index (χ3v) is 4.64. The number of methoxy groups -OCH3 is 1. The van der Waals surface area contributed by atoms with E-state index in [1.807, 2.05) is 24.3 Å². The number of rotatable bonds is 4. The van der Waals surface area contributed by atoms with E-state index >= 15 is 0 Å². The van der Waals surface area contributed by atoms with E-state index in [-0.39, 0.29) is 16.7 Å². The second-order valence-electron chi connectivity index (χ2n) is 5.71. The van der Waals surface area contributed by atoms with Crippen molar-refractivity contribution in [1.82, 2.24) is 10.3 Å². The van der Waals surface area contributed by atoms with Gasteiger partial charge in [-0.05, 0) is 48.1 Å². The Balaban J connectivity index is 1.99. The summed E-state index contributed by atoms with van der Waals surface area (Å²) in [5, 5.41) is 21.0. The van der Waals surface area contributed by atoms with Gasteiger partial charge in [0.05, 0.1) is 29.4 Å². The van der Waals surface area contributed by atoms with Crippen molar-refractivity contribution >= 4 is 28.7 Å². The predicted octanol–water partition coefficient (Wildman–Crippen LogP) is 3.26.